The molecule has 0 spiro atoms. The maximum absolute atomic E-state index is 12.4. The molecule has 2 saturated carbocycles. The molecule has 162 valence electrons. The van der Waals surface area contributed by atoms with Crippen LogP contribution in [0.2, 0.25) is 0 Å². The lowest BCUT2D eigenvalue weighted by Crippen LogP contribution is -2.43. The fourth-order valence-corrected chi connectivity index (χ4v) is 5.64. The Labute approximate surface area is 178 Å². The van der Waals surface area contributed by atoms with Gasteiger partial charge in [-0.25, -0.2) is 0 Å². The molecule has 0 saturated heterocycles. The predicted octanol–water partition coefficient (Wildman–Crippen LogP) is 5.39. The molecule has 3 nitrogen and oxygen atoms in total. The van der Waals surface area contributed by atoms with Gasteiger partial charge >= 0.3 is 0 Å². The van der Waals surface area contributed by atoms with E-state index in [1.54, 1.807) is 0 Å². The third-order valence-electron chi connectivity index (χ3n) is 7.63. The number of nitrogens with one attached hydrogen (secondary N) is 1. The van der Waals surface area contributed by atoms with Crippen molar-refractivity contribution >= 4 is 5.91 Å². The van der Waals surface area contributed by atoms with Crippen LogP contribution in [0.25, 0.3) is 0 Å². The highest BCUT2D eigenvalue weighted by molar-refractivity contribution is 5.76. The Balaban J connectivity index is 1.35. The van der Waals surface area contributed by atoms with Crippen LogP contribution in [0.1, 0.15) is 82.8 Å². The zero-order valence-corrected chi connectivity index (χ0v) is 18.8. The van der Waals surface area contributed by atoms with Crippen molar-refractivity contribution < 1.29 is 4.79 Å². The molecule has 3 rings (SSSR count). The first-order valence-corrected chi connectivity index (χ1v) is 12.0. The lowest BCUT2D eigenvalue weighted by atomic mass is 9.71. The second kappa shape index (κ2) is 10.6. The molecule has 0 bridgehead atoms. The first-order chi connectivity index (χ1) is 13.9. The smallest absolute Gasteiger partial charge is 0.220 e. The molecule has 1 amide bonds. The summed E-state index contributed by atoms with van der Waals surface area (Å²) >= 11 is 0. The molecule has 0 heterocycles. The van der Waals surface area contributed by atoms with Crippen LogP contribution in [0, 0.1) is 30.6 Å². The maximum atomic E-state index is 12.4. The van der Waals surface area contributed by atoms with E-state index in [1.807, 2.05) is 0 Å². The van der Waals surface area contributed by atoms with Gasteiger partial charge in [-0.2, -0.15) is 0 Å². The largest absolute Gasteiger partial charge is 0.353 e. The first kappa shape index (κ1) is 22.3. The van der Waals surface area contributed by atoms with E-state index in [0.717, 1.165) is 31.1 Å². The van der Waals surface area contributed by atoms with Crippen LogP contribution >= 0.6 is 0 Å². The molecule has 6 unspecified atom stereocenters. The van der Waals surface area contributed by atoms with Crippen LogP contribution in [0.5, 0.6) is 0 Å². The molecule has 3 N–H and O–H groups in total. The third-order valence-corrected chi connectivity index (χ3v) is 7.63. The molecule has 0 aliphatic heterocycles. The molecule has 2 fully saturated rings. The molecular formula is C26H42N2O. The Hall–Kier alpha value is -1.35. The summed E-state index contributed by atoms with van der Waals surface area (Å²) < 4.78 is 0. The van der Waals surface area contributed by atoms with Gasteiger partial charge < -0.3 is 11.1 Å². The van der Waals surface area contributed by atoms with Crippen molar-refractivity contribution in [3.63, 3.8) is 0 Å². The minimum Gasteiger partial charge on any atom is -0.353 e. The van der Waals surface area contributed by atoms with E-state index in [4.69, 9.17) is 5.73 Å². The van der Waals surface area contributed by atoms with Gasteiger partial charge in [-0.3, -0.25) is 4.79 Å². The van der Waals surface area contributed by atoms with Gasteiger partial charge in [-0.1, -0.05) is 43.7 Å². The van der Waals surface area contributed by atoms with Gasteiger partial charge in [0, 0.05) is 18.5 Å². The van der Waals surface area contributed by atoms with Crippen molar-refractivity contribution in [1.82, 2.24) is 5.32 Å². The Morgan fingerprint density at radius 2 is 1.66 bits per heavy atom. The van der Waals surface area contributed by atoms with E-state index in [0.29, 0.717) is 30.3 Å². The lowest BCUT2D eigenvalue weighted by molar-refractivity contribution is -0.122. The Morgan fingerprint density at radius 1 is 1.00 bits per heavy atom. The fourth-order valence-electron chi connectivity index (χ4n) is 5.64. The summed E-state index contributed by atoms with van der Waals surface area (Å²) in [6.07, 6.45) is 11.5. The highest BCUT2D eigenvalue weighted by Gasteiger charge is 2.32. The monoisotopic (exact) mass is 398 g/mol. The molecule has 1 aromatic carbocycles. The van der Waals surface area contributed by atoms with E-state index in [2.05, 4.69) is 50.4 Å². The maximum Gasteiger partial charge on any atom is 0.220 e. The Kier molecular flexibility index (Phi) is 8.17. The van der Waals surface area contributed by atoms with E-state index in [-0.39, 0.29) is 5.91 Å². The second-order valence-corrected chi connectivity index (χ2v) is 10.2. The average molecular weight is 399 g/mol. The molecule has 1 aromatic rings. The summed E-state index contributed by atoms with van der Waals surface area (Å²) in [4.78, 5) is 12.4. The van der Waals surface area contributed by atoms with Crippen molar-refractivity contribution in [2.24, 2.45) is 29.4 Å². The number of nitrogens with two attached hydrogens (primary N) is 1. The molecule has 29 heavy (non-hydrogen) atoms. The molecule has 0 aromatic heterocycles. The van der Waals surface area contributed by atoms with Crippen LogP contribution in [0.15, 0.2) is 24.3 Å². The van der Waals surface area contributed by atoms with E-state index in [1.165, 1.54) is 49.7 Å². The van der Waals surface area contributed by atoms with Crippen molar-refractivity contribution in [1.29, 1.82) is 0 Å². The predicted molar refractivity (Wildman–Crippen MR) is 122 cm³/mol. The summed E-state index contributed by atoms with van der Waals surface area (Å²) in [5.74, 6) is 3.23. The first-order valence-electron chi connectivity index (χ1n) is 12.0. The number of carbonyl (C=O) groups is 1. The number of carbonyl (C=O) groups excluding carboxylic acids is 1. The molecular weight excluding hydrogens is 356 g/mol. The van der Waals surface area contributed by atoms with Gasteiger partial charge in [-0.15, -0.1) is 0 Å². The summed E-state index contributed by atoms with van der Waals surface area (Å²) in [7, 11) is 0. The van der Waals surface area contributed by atoms with Crippen molar-refractivity contribution in [3.05, 3.63) is 35.4 Å². The van der Waals surface area contributed by atoms with Gasteiger partial charge in [0.2, 0.25) is 5.91 Å². The summed E-state index contributed by atoms with van der Waals surface area (Å²) in [5, 5.41) is 3.35. The van der Waals surface area contributed by atoms with Gasteiger partial charge in [0.25, 0.3) is 0 Å². The lowest BCUT2D eigenvalue weighted by Gasteiger charge is -2.38. The Morgan fingerprint density at radius 3 is 2.31 bits per heavy atom. The SMILES string of the molecule is Cc1ccc(CCCC(=O)NC2CCC(CC3CCC(N)C(C)C3)CC2C)cc1. The normalized spacial score (nSPS) is 32.7. The average Bonchev–Trinajstić information content (AvgIpc) is 2.68. The van der Waals surface area contributed by atoms with Gasteiger partial charge in [-0.05, 0) is 93.9 Å². The van der Waals surface area contributed by atoms with Gasteiger partial charge in [0.15, 0.2) is 0 Å². The number of benzene rings is 1. The summed E-state index contributed by atoms with van der Waals surface area (Å²) in [6.45, 7) is 6.77. The van der Waals surface area contributed by atoms with E-state index >= 15 is 0 Å². The van der Waals surface area contributed by atoms with E-state index < -0.39 is 0 Å². The molecule has 2 aliphatic rings. The molecule has 3 heteroatoms. The minimum atomic E-state index is 0.238. The highest BCUT2D eigenvalue weighted by Crippen LogP contribution is 2.38. The van der Waals surface area contributed by atoms with Crippen LogP contribution in [0.4, 0.5) is 0 Å². The number of hydrogen-bond acceptors (Lipinski definition) is 2. The number of aryl methyl sites for hydroxylation is 2. The third kappa shape index (κ3) is 6.84. The summed E-state index contributed by atoms with van der Waals surface area (Å²) in [5.41, 5.74) is 8.81. The highest BCUT2D eigenvalue weighted by atomic mass is 16.1. The van der Waals surface area contributed by atoms with Crippen molar-refractivity contribution in [3.8, 4) is 0 Å². The van der Waals surface area contributed by atoms with Gasteiger partial charge in [0.1, 0.15) is 0 Å². The van der Waals surface area contributed by atoms with Gasteiger partial charge in [0.05, 0.1) is 0 Å². The Bertz CT molecular complexity index is 641. The van der Waals surface area contributed by atoms with Crippen LogP contribution in [-0.4, -0.2) is 18.0 Å². The van der Waals surface area contributed by atoms with Crippen molar-refractivity contribution in [2.45, 2.75) is 97.1 Å². The zero-order valence-electron chi connectivity index (χ0n) is 18.8. The van der Waals surface area contributed by atoms with E-state index in [9.17, 15) is 4.79 Å². The molecule has 6 atom stereocenters. The fraction of sp³-hybridized carbons (Fsp3) is 0.731. The zero-order chi connectivity index (χ0) is 20.8. The topological polar surface area (TPSA) is 55.1 Å². The number of rotatable bonds is 7. The molecule has 0 radical (unpaired) electrons. The van der Waals surface area contributed by atoms with Crippen LogP contribution in [-0.2, 0) is 11.2 Å². The summed E-state index contributed by atoms with van der Waals surface area (Å²) in [6, 6.07) is 9.45. The van der Waals surface area contributed by atoms with Crippen LogP contribution in [0.3, 0.4) is 0 Å². The second-order valence-electron chi connectivity index (χ2n) is 10.2. The minimum absolute atomic E-state index is 0.238. The standard InChI is InChI=1S/C26H42N2O/c1-18-7-9-21(10-8-18)5-4-6-26(29)28-25-14-12-23(16-20(25)3)17-22-11-13-24(27)19(2)15-22/h7-10,19-20,22-25H,4-6,11-17,27H2,1-3H3,(H,28,29). The number of amides is 1. The quantitative estimate of drug-likeness (QED) is 0.647. The molecule has 2 aliphatic carbocycles. The van der Waals surface area contributed by atoms with Crippen molar-refractivity contribution in [2.75, 3.05) is 0 Å². The van der Waals surface area contributed by atoms with Crippen LogP contribution < -0.4 is 11.1 Å². The number of hydrogen-bond donors (Lipinski definition) is 2.